The molecule has 5 heteroatoms. The lowest BCUT2D eigenvalue weighted by Gasteiger charge is -2.17. The van der Waals surface area contributed by atoms with Crippen LogP contribution in [0.1, 0.15) is 13.8 Å². The van der Waals surface area contributed by atoms with Gasteiger partial charge in [0.2, 0.25) is 5.91 Å². The van der Waals surface area contributed by atoms with E-state index >= 15 is 0 Å². The Morgan fingerprint density at radius 3 is 2.83 bits per heavy atom. The molecule has 0 fully saturated rings. The summed E-state index contributed by atoms with van der Waals surface area (Å²) in [4.78, 5) is 11.7. The molecule has 0 spiro atoms. The summed E-state index contributed by atoms with van der Waals surface area (Å²) in [5, 5.41) is 2.82. The second-order valence-corrected chi connectivity index (χ2v) is 5.75. The number of carbonyl (C=O) groups excluding carboxylic acids is 1. The number of anilines is 1. The highest BCUT2D eigenvalue weighted by Crippen LogP contribution is 2.17. The van der Waals surface area contributed by atoms with Gasteiger partial charge in [-0.3, -0.25) is 4.79 Å². The van der Waals surface area contributed by atoms with Crippen LogP contribution in [-0.4, -0.2) is 30.1 Å². The number of methoxy groups -OCH3 is 1. The first-order valence-electron chi connectivity index (χ1n) is 5.71. The number of nitrogens with one attached hydrogen (secondary N) is 1. The largest absolute Gasteiger partial charge is 0.497 e. The summed E-state index contributed by atoms with van der Waals surface area (Å²) in [7, 11) is 1.60. The van der Waals surface area contributed by atoms with E-state index in [-0.39, 0.29) is 11.4 Å². The normalized spacial score (nSPS) is 11.1. The van der Waals surface area contributed by atoms with Gasteiger partial charge in [-0.2, -0.15) is 11.8 Å². The minimum atomic E-state index is -0.249. The molecule has 0 unspecified atom stereocenters. The Kier molecular flexibility index (Phi) is 5.50. The van der Waals surface area contributed by atoms with Crippen LogP contribution in [-0.2, 0) is 4.79 Å². The minimum absolute atomic E-state index is 0.0301. The molecule has 0 saturated carbocycles. The van der Waals surface area contributed by atoms with Crippen LogP contribution in [0.5, 0.6) is 5.75 Å². The molecule has 1 rings (SSSR count). The van der Waals surface area contributed by atoms with Crippen LogP contribution >= 0.6 is 11.8 Å². The summed E-state index contributed by atoms with van der Waals surface area (Å²) < 4.78 is 5.09. The summed E-state index contributed by atoms with van der Waals surface area (Å²) >= 11 is 1.53. The lowest BCUT2D eigenvalue weighted by Crippen LogP contribution is -2.35. The highest BCUT2D eigenvalue weighted by atomic mass is 32.2. The zero-order chi connectivity index (χ0) is 13.6. The number of rotatable bonds is 6. The van der Waals surface area contributed by atoms with Gasteiger partial charge in [0, 0.05) is 23.0 Å². The minimum Gasteiger partial charge on any atom is -0.497 e. The van der Waals surface area contributed by atoms with E-state index in [0.29, 0.717) is 5.75 Å². The van der Waals surface area contributed by atoms with E-state index in [1.807, 2.05) is 32.0 Å². The van der Waals surface area contributed by atoms with Crippen molar-refractivity contribution in [2.75, 3.05) is 23.9 Å². The maximum absolute atomic E-state index is 11.7. The first-order valence-corrected chi connectivity index (χ1v) is 6.87. The second kappa shape index (κ2) is 6.66. The predicted molar refractivity (Wildman–Crippen MR) is 77.2 cm³/mol. The number of hydrogen-bond donors (Lipinski definition) is 2. The van der Waals surface area contributed by atoms with Gasteiger partial charge in [-0.15, -0.1) is 0 Å². The van der Waals surface area contributed by atoms with Crippen molar-refractivity contribution >= 4 is 23.4 Å². The average Bonchev–Trinajstić information content (AvgIpc) is 2.27. The van der Waals surface area contributed by atoms with Crippen molar-refractivity contribution in [2.24, 2.45) is 5.73 Å². The Balaban J connectivity index is 2.40. The number of ether oxygens (including phenoxy) is 1. The quantitative estimate of drug-likeness (QED) is 0.829. The standard InChI is InChI=1S/C13H20N2O2S/c1-13(2,14)9-18-8-12(16)15-10-5-4-6-11(7-10)17-3/h4-7H,8-9,14H2,1-3H3,(H,15,16). The third-order valence-electron chi connectivity index (χ3n) is 2.06. The maximum atomic E-state index is 11.7. The summed E-state index contributed by atoms with van der Waals surface area (Å²) in [6.07, 6.45) is 0. The van der Waals surface area contributed by atoms with E-state index in [1.165, 1.54) is 11.8 Å². The number of thioether (sulfide) groups is 1. The van der Waals surface area contributed by atoms with Crippen molar-refractivity contribution < 1.29 is 9.53 Å². The lowest BCUT2D eigenvalue weighted by atomic mass is 10.1. The highest BCUT2D eigenvalue weighted by Gasteiger charge is 2.11. The van der Waals surface area contributed by atoms with Gasteiger partial charge < -0.3 is 15.8 Å². The monoisotopic (exact) mass is 268 g/mol. The molecule has 0 atom stereocenters. The molecule has 4 nitrogen and oxygen atoms in total. The molecular formula is C13H20N2O2S. The van der Waals surface area contributed by atoms with Crippen LogP contribution in [0.3, 0.4) is 0 Å². The summed E-state index contributed by atoms with van der Waals surface area (Å²) in [5.41, 5.74) is 6.34. The van der Waals surface area contributed by atoms with Crippen molar-refractivity contribution in [2.45, 2.75) is 19.4 Å². The van der Waals surface area contributed by atoms with E-state index in [4.69, 9.17) is 10.5 Å². The van der Waals surface area contributed by atoms with Gasteiger partial charge >= 0.3 is 0 Å². The summed E-state index contributed by atoms with van der Waals surface area (Å²) in [5.74, 6) is 1.84. The fraction of sp³-hybridized carbons (Fsp3) is 0.462. The smallest absolute Gasteiger partial charge is 0.234 e. The Morgan fingerprint density at radius 2 is 2.22 bits per heavy atom. The number of carbonyl (C=O) groups is 1. The molecule has 100 valence electrons. The number of nitrogens with two attached hydrogens (primary N) is 1. The highest BCUT2D eigenvalue weighted by molar-refractivity contribution is 8.00. The molecule has 0 heterocycles. The number of benzene rings is 1. The molecule has 1 amide bonds. The van der Waals surface area contributed by atoms with Gasteiger partial charge in [-0.05, 0) is 26.0 Å². The zero-order valence-corrected chi connectivity index (χ0v) is 11.8. The number of hydrogen-bond acceptors (Lipinski definition) is 4. The lowest BCUT2D eigenvalue weighted by molar-refractivity contribution is -0.113. The number of amides is 1. The molecule has 18 heavy (non-hydrogen) atoms. The first kappa shape index (κ1) is 14.9. The SMILES string of the molecule is COc1cccc(NC(=O)CSCC(C)(C)N)c1. The molecule has 0 aliphatic carbocycles. The van der Waals surface area contributed by atoms with Crippen LogP contribution < -0.4 is 15.8 Å². The third kappa shape index (κ3) is 5.93. The van der Waals surface area contributed by atoms with Crippen molar-refractivity contribution in [1.29, 1.82) is 0 Å². The molecule has 0 saturated heterocycles. The Bertz CT molecular complexity index is 402. The fourth-order valence-electron chi connectivity index (χ4n) is 1.30. The van der Waals surface area contributed by atoms with Crippen molar-refractivity contribution in [1.82, 2.24) is 0 Å². The van der Waals surface area contributed by atoms with Crippen LogP contribution in [0.2, 0.25) is 0 Å². The second-order valence-electron chi connectivity index (χ2n) is 4.76. The Labute approximate surface area is 112 Å². The molecular weight excluding hydrogens is 248 g/mol. The molecule has 0 aliphatic heterocycles. The van der Waals surface area contributed by atoms with Crippen molar-refractivity contribution in [3.05, 3.63) is 24.3 Å². The predicted octanol–water partition coefficient (Wildman–Crippen LogP) is 2.10. The van der Waals surface area contributed by atoms with Crippen LogP contribution in [0, 0.1) is 0 Å². The van der Waals surface area contributed by atoms with Crippen LogP contribution in [0.15, 0.2) is 24.3 Å². The topological polar surface area (TPSA) is 64.3 Å². The maximum Gasteiger partial charge on any atom is 0.234 e. The van der Waals surface area contributed by atoms with Gasteiger partial charge in [0.15, 0.2) is 0 Å². The molecule has 0 aromatic heterocycles. The Morgan fingerprint density at radius 1 is 1.50 bits per heavy atom. The van der Waals surface area contributed by atoms with Gasteiger partial charge in [0.25, 0.3) is 0 Å². The molecule has 1 aromatic rings. The van der Waals surface area contributed by atoms with Crippen LogP contribution in [0.4, 0.5) is 5.69 Å². The average molecular weight is 268 g/mol. The van der Waals surface area contributed by atoms with Crippen molar-refractivity contribution in [3.63, 3.8) is 0 Å². The van der Waals surface area contributed by atoms with Crippen LogP contribution in [0.25, 0.3) is 0 Å². The van der Waals surface area contributed by atoms with Gasteiger partial charge in [-0.1, -0.05) is 6.07 Å². The summed E-state index contributed by atoms with van der Waals surface area (Å²) in [6, 6.07) is 7.29. The van der Waals surface area contributed by atoms with E-state index in [9.17, 15) is 4.79 Å². The third-order valence-corrected chi connectivity index (χ3v) is 3.48. The van der Waals surface area contributed by atoms with Gasteiger partial charge in [0.05, 0.1) is 12.9 Å². The van der Waals surface area contributed by atoms with E-state index in [2.05, 4.69) is 5.32 Å². The molecule has 0 aliphatic rings. The van der Waals surface area contributed by atoms with E-state index in [0.717, 1.165) is 17.2 Å². The summed E-state index contributed by atoms with van der Waals surface area (Å²) in [6.45, 7) is 3.89. The van der Waals surface area contributed by atoms with E-state index in [1.54, 1.807) is 13.2 Å². The molecule has 0 radical (unpaired) electrons. The molecule has 1 aromatic carbocycles. The Hall–Kier alpha value is -1.20. The zero-order valence-electron chi connectivity index (χ0n) is 11.0. The van der Waals surface area contributed by atoms with Gasteiger partial charge in [0.1, 0.15) is 5.75 Å². The van der Waals surface area contributed by atoms with Gasteiger partial charge in [-0.25, -0.2) is 0 Å². The van der Waals surface area contributed by atoms with Crippen molar-refractivity contribution in [3.8, 4) is 5.75 Å². The molecule has 0 bridgehead atoms. The first-order chi connectivity index (χ1) is 8.40. The molecule has 3 N–H and O–H groups in total. The van der Waals surface area contributed by atoms with E-state index < -0.39 is 0 Å². The fourth-order valence-corrected chi connectivity index (χ4v) is 2.19.